The molecule has 0 unspecified atom stereocenters. The van der Waals surface area contributed by atoms with Crippen molar-refractivity contribution in [1.29, 1.82) is 5.26 Å². The van der Waals surface area contributed by atoms with Crippen LogP contribution >= 0.6 is 0 Å². The second-order valence-corrected chi connectivity index (χ2v) is 3.74. The van der Waals surface area contributed by atoms with E-state index in [0.29, 0.717) is 5.56 Å². The lowest BCUT2D eigenvalue weighted by Gasteiger charge is -2.23. The van der Waals surface area contributed by atoms with Crippen molar-refractivity contribution in [1.82, 2.24) is 0 Å². The molecular weight excluding hydrogens is 190 g/mol. The average molecular weight is 199 g/mol. The highest BCUT2D eigenvalue weighted by molar-refractivity contribution is 5.43. The van der Waals surface area contributed by atoms with Gasteiger partial charge in [-0.05, 0) is 30.2 Å². The van der Waals surface area contributed by atoms with Crippen LogP contribution in [0.3, 0.4) is 0 Å². The van der Waals surface area contributed by atoms with Crippen molar-refractivity contribution in [2.75, 3.05) is 0 Å². The Labute approximate surface area is 87.5 Å². The van der Waals surface area contributed by atoms with Gasteiger partial charge >= 0.3 is 0 Å². The molecule has 3 rings (SSSR count). The van der Waals surface area contributed by atoms with Crippen LogP contribution in [0.1, 0.15) is 23.1 Å². The summed E-state index contributed by atoms with van der Waals surface area (Å²) in [5, 5.41) is 8.80. The normalized spacial score (nSPS) is 19.4. The van der Waals surface area contributed by atoms with Crippen LogP contribution in [0, 0.1) is 11.3 Å². The van der Waals surface area contributed by atoms with Crippen molar-refractivity contribution in [3.63, 3.8) is 0 Å². The van der Waals surface area contributed by atoms with Crippen molar-refractivity contribution < 1.29 is 9.47 Å². The summed E-state index contributed by atoms with van der Waals surface area (Å²) < 4.78 is 11.0. The number of hydrogen-bond acceptors (Lipinski definition) is 3. The van der Waals surface area contributed by atoms with Crippen molar-refractivity contribution in [2.24, 2.45) is 0 Å². The number of nitriles is 1. The van der Waals surface area contributed by atoms with Crippen LogP contribution in [-0.2, 0) is 21.7 Å². The van der Waals surface area contributed by atoms with E-state index in [1.165, 1.54) is 0 Å². The molecule has 0 saturated heterocycles. The molecule has 1 aliphatic carbocycles. The first-order valence-corrected chi connectivity index (χ1v) is 4.88. The minimum Gasteiger partial charge on any atom is -0.453 e. The molecule has 0 saturated carbocycles. The van der Waals surface area contributed by atoms with Gasteiger partial charge < -0.3 is 9.47 Å². The van der Waals surface area contributed by atoms with E-state index in [1.54, 1.807) is 18.6 Å². The fraction of sp³-hybridized carbons (Fsp3) is 0.250. The third-order valence-electron chi connectivity index (χ3n) is 2.94. The summed E-state index contributed by atoms with van der Waals surface area (Å²) in [5.41, 5.74) is 2.89. The lowest BCUT2D eigenvalue weighted by molar-refractivity contribution is -0.147. The summed E-state index contributed by atoms with van der Waals surface area (Å²) in [6.07, 6.45) is 4.86. The molecule has 0 radical (unpaired) electrons. The van der Waals surface area contributed by atoms with E-state index < -0.39 is 5.79 Å². The molecular formula is C12H9NO2. The van der Waals surface area contributed by atoms with Crippen LogP contribution in [0.2, 0.25) is 0 Å². The van der Waals surface area contributed by atoms with Crippen molar-refractivity contribution in [3.05, 3.63) is 47.4 Å². The average Bonchev–Trinajstić information content (AvgIpc) is 2.88. The first-order chi connectivity index (χ1) is 7.34. The first kappa shape index (κ1) is 8.37. The van der Waals surface area contributed by atoms with Crippen molar-refractivity contribution in [3.8, 4) is 6.07 Å². The second kappa shape index (κ2) is 2.77. The minimum atomic E-state index is -0.608. The second-order valence-electron chi connectivity index (χ2n) is 3.74. The molecule has 2 aliphatic rings. The largest absolute Gasteiger partial charge is 0.453 e. The van der Waals surface area contributed by atoms with Crippen LogP contribution < -0.4 is 0 Å². The molecule has 1 aromatic carbocycles. The maximum atomic E-state index is 8.80. The van der Waals surface area contributed by atoms with Gasteiger partial charge in [-0.2, -0.15) is 5.26 Å². The van der Waals surface area contributed by atoms with Crippen LogP contribution in [-0.4, -0.2) is 0 Å². The molecule has 1 spiro atoms. The summed E-state index contributed by atoms with van der Waals surface area (Å²) in [7, 11) is 0. The number of nitrogens with zero attached hydrogens (tertiary/aromatic N) is 1. The van der Waals surface area contributed by atoms with Gasteiger partial charge in [0.2, 0.25) is 0 Å². The maximum Gasteiger partial charge on any atom is 0.277 e. The molecule has 1 aromatic rings. The fourth-order valence-corrected chi connectivity index (χ4v) is 2.22. The van der Waals surface area contributed by atoms with Gasteiger partial charge in [0, 0.05) is 12.0 Å². The highest BCUT2D eigenvalue weighted by atomic mass is 16.7. The Hall–Kier alpha value is -1.95. The number of fused-ring (bicyclic) bond motifs is 2. The summed E-state index contributed by atoms with van der Waals surface area (Å²) in [6, 6.07) is 7.78. The summed E-state index contributed by atoms with van der Waals surface area (Å²) >= 11 is 0. The number of ether oxygens (including phenoxy) is 2. The number of rotatable bonds is 0. The van der Waals surface area contributed by atoms with Gasteiger partial charge in [-0.25, -0.2) is 0 Å². The smallest absolute Gasteiger partial charge is 0.277 e. The van der Waals surface area contributed by atoms with Gasteiger partial charge in [0.15, 0.2) is 0 Å². The lowest BCUT2D eigenvalue weighted by atomic mass is 10.0. The molecule has 0 amide bonds. The van der Waals surface area contributed by atoms with Crippen LogP contribution in [0.4, 0.5) is 0 Å². The van der Waals surface area contributed by atoms with Gasteiger partial charge in [-0.15, -0.1) is 0 Å². The predicted octanol–water partition coefficient (Wildman–Crippen LogP) is 2.18. The Morgan fingerprint density at radius 2 is 2.07 bits per heavy atom. The van der Waals surface area contributed by atoms with Crippen LogP contribution in [0.25, 0.3) is 0 Å². The molecule has 15 heavy (non-hydrogen) atoms. The fourth-order valence-electron chi connectivity index (χ4n) is 2.22. The number of hydrogen-bond donors (Lipinski definition) is 0. The lowest BCUT2D eigenvalue weighted by Crippen LogP contribution is -2.23. The molecule has 3 nitrogen and oxygen atoms in total. The zero-order chi connectivity index (χ0) is 10.3. The Balaban J connectivity index is 2.09. The molecule has 0 fully saturated rings. The maximum absolute atomic E-state index is 8.80. The van der Waals surface area contributed by atoms with Gasteiger partial charge in [0.25, 0.3) is 5.79 Å². The monoisotopic (exact) mass is 199 g/mol. The van der Waals surface area contributed by atoms with E-state index in [0.717, 1.165) is 24.0 Å². The van der Waals surface area contributed by atoms with E-state index in [9.17, 15) is 0 Å². The molecule has 0 atom stereocenters. The van der Waals surface area contributed by atoms with Crippen molar-refractivity contribution >= 4 is 0 Å². The minimum absolute atomic E-state index is 0.608. The summed E-state index contributed by atoms with van der Waals surface area (Å²) in [5.74, 6) is -0.608. The number of benzene rings is 1. The summed E-state index contributed by atoms with van der Waals surface area (Å²) in [6.45, 7) is 0. The van der Waals surface area contributed by atoms with E-state index >= 15 is 0 Å². The SMILES string of the molecule is N#Cc1ccc2c(c1)CCC21OC=CO1. The Bertz CT molecular complexity index is 477. The zero-order valence-corrected chi connectivity index (χ0v) is 8.06. The molecule has 1 heterocycles. The molecule has 0 bridgehead atoms. The van der Waals surface area contributed by atoms with Gasteiger partial charge in [0.1, 0.15) is 12.5 Å². The third kappa shape index (κ3) is 1.05. The predicted molar refractivity (Wildman–Crippen MR) is 52.5 cm³/mol. The molecule has 1 aliphatic heterocycles. The number of aryl methyl sites for hydroxylation is 1. The molecule has 74 valence electrons. The molecule has 3 heteroatoms. The highest BCUT2D eigenvalue weighted by Gasteiger charge is 2.44. The van der Waals surface area contributed by atoms with Gasteiger partial charge in [-0.1, -0.05) is 0 Å². The molecule has 0 aromatic heterocycles. The van der Waals surface area contributed by atoms with Crippen LogP contribution in [0.15, 0.2) is 30.7 Å². The quantitative estimate of drug-likeness (QED) is 0.643. The first-order valence-electron chi connectivity index (χ1n) is 4.88. The zero-order valence-electron chi connectivity index (χ0n) is 8.06. The van der Waals surface area contributed by atoms with Crippen molar-refractivity contribution in [2.45, 2.75) is 18.6 Å². The standard InChI is InChI=1S/C12H9NO2/c13-8-9-1-2-11-10(7-9)3-4-12(11)14-5-6-15-12/h1-2,5-7H,3-4H2. The topological polar surface area (TPSA) is 42.2 Å². The third-order valence-corrected chi connectivity index (χ3v) is 2.94. The van der Waals surface area contributed by atoms with Gasteiger partial charge in [0.05, 0.1) is 11.6 Å². The summed E-state index contributed by atoms with van der Waals surface area (Å²) in [4.78, 5) is 0. The van der Waals surface area contributed by atoms with Crippen LogP contribution in [0.5, 0.6) is 0 Å². The van der Waals surface area contributed by atoms with E-state index in [2.05, 4.69) is 6.07 Å². The molecule has 0 N–H and O–H groups in total. The Morgan fingerprint density at radius 1 is 1.27 bits per heavy atom. The van der Waals surface area contributed by atoms with Gasteiger partial charge in [-0.3, -0.25) is 0 Å². The Kier molecular flexibility index (Phi) is 1.54. The Morgan fingerprint density at radius 3 is 2.80 bits per heavy atom. The van der Waals surface area contributed by atoms with E-state index in [4.69, 9.17) is 14.7 Å². The van der Waals surface area contributed by atoms with E-state index in [1.807, 2.05) is 12.1 Å². The highest BCUT2D eigenvalue weighted by Crippen LogP contribution is 2.43. The van der Waals surface area contributed by atoms with E-state index in [-0.39, 0.29) is 0 Å².